The van der Waals surface area contributed by atoms with E-state index in [-0.39, 0.29) is 17.4 Å². The van der Waals surface area contributed by atoms with Crippen molar-refractivity contribution in [3.8, 4) is 17.2 Å². The lowest BCUT2D eigenvalue weighted by Gasteiger charge is -2.21. The molecule has 8 heteroatoms. The van der Waals surface area contributed by atoms with Crippen molar-refractivity contribution in [2.24, 2.45) is 0 Å². The van der Waals surface area contributed by atoms with Crippen molar-refractivity contribution in [1.29, 1.82) is 0 Å². The molecule has 2 heterocycles. The number of hydrogen-bond donors (Lipinski definition) is 1. The quantitative estimate of drug-likeness (QED) is 0.582. The van der Waals surface area contributed by atoms with Gasteiger partial charge in [-0.25, -0.2) is 0 Å². The van der Waals surface area contributed by atoms with Crippen molar-refractivity contribution in [3.05, 3.63) is 82.6 Å². The molecule has 0 aliphatic carbocycles. The van der Waals surface area contributed by atoms with Crippen LogP contribution < -0.4 is 19.5 Å². The molecule has 0 saturated heterocycles. The van der Waals surface area contributed by atoms with E-state index in [1.54, 1.807) is 36.8 Å². The number of carbonyl (C=O) groups is 1. The number of hydrogen-bond acceptors (Lipinski definition) is 5. The van der Waals surface area contributed by atoms with Gasteiger partial charge in [-0.05, 0) is 47.5 Å². The van der Waals surface area contributed by atoms with Crippen LogP contribution in [0, 0.1) is 0 Å². The summed E-state index contributed by atoms with van der Waals surface area (Å²) in [7, 11) is -1.22. The van der Waals surface area contributed by atoms with Crippen LogP contribution in [0.3, 0.4) is 0 Å². The maximum absolute atomic E-state index is 12.9. The largest absolute Gasteiger partial charge is 0.462 e. The first kappa shape index (κ1) is 20.6. The molecule has 0 radical (unpaired) electrons. The third kappa shape index (κ3) is 3.85. The average Bonchev–Trinajstić information content (AvgIpc) is 3.27. The Kier molecular flexibility index (Phi) is 5.36. The van der Waals surface area contributed by atoms with Gasteiger partial charge in [0.2, 0.25) is 6.79 Å². The molecule has 6 nitrogen and oxygen atoms in total. The van der Waals surface area contributed by atoms with Gasteiger partial charge in [0.05, 0.1) is 22.5 Å². The lowest BCUT2D eigenvalue weighted by Crippen LogP contribution is -2.15. The minimum atomic E-state index is -1.22. The fourth-order valence-corrected chi connectivity index (χ4v) is 4.40. The first-order valence-electron chi connectivity index (χ1n) is 9.81. The Morgan fingerprint density at radius 3 is 2.75 bits per heavy atom. The number of ether oxygens (including phenoxy) is 3. The van der Waals surface area contributed by atoms with Crippen LogP contribution in [-0.2, 0) is 17.2 Å². The average molecular weight is 468 g/mol. The Morgan fingerprint density at radius 2 is 1.91 bits per heavy atom. The molecule has 0 aromatic heterocycles. The molecule has 3 aromatic carbocycles. The molecule has 2 aliphatic heterocycles. The van der Waals surface area contributed by atoms with Gasteiger partial charge >= 0.3 is 0 Å². The van der Waals surface area contributed by atoms with Gasteiger partial charge < -0.3 is 19.5 Å². The number of fused-ring (bicyclic) bond motifs is 2. The van der Waals surface area contributed by atoms with E-state index in [4.69, 9.17) is 25.8 Å². The fourth-order valence-electron chi connectivity index (χ4n) is 3.65. The van der Waals surface area contributed by atoms with Crippen LogP contribution in [-0.4, -0.2) is 23.2 Å². The summed E-state index contributed by atoms with van der Waals surface area (Å²) in [6.45, 7) is 0.224. The molecule has 3 aromatic rings. The molecule has 1 N–H and O–H groups in total. The second kappa shape index (κ2) is 8.33. The molecular weight excluding hydrogens is 450 g/mol. The minimum absolute atomic E-state index is 0.224. The second-order valence-electron chi connectivity index (χ2n) is 7.35. The molecule has 0 bridgehead atoms. The predicted octanol–water partition coefficient (Wildman–Crippen LogP) is 5.03. The van der Waals surface area contributed by atoms with E-state index >= 15 is 0 Å². The molecule has 0 fully saturated rings. The number of halogens is 1. The lowest BCUT2D eigenvalue weighted by molar-refractivity contribution is 0.102. The second-order valence-corrected chi connectivity index (χ2v) is 9.14. The molecule has 0 spiro atoms. The van der Waals surface area contributed by atoms with E-state index in [0.717, 1.165) is 22.4 Å². The fraction of sp³-hybridized carbons (Fsp3) is 0.125. The molecule has 162 valence electrons. The highest BCUT2D eigenvalue weighted by atomic mass is 35.5. The molecule has 0 saturated carbocycles. The monoisotopic (exact) mass is 467 g/mol. The topological polar surface area (TPSA) is 73.9 Å². The van der Waals surface area contributed by atoms with E-state index < -0.39 is 16.7 Å². The Labute approximate surface area is 192 Å². The molecule has 32 heavy (non-hydrogen) atoms. The van der Waals surface area contributed by atoms with Crippen LogP contribution in [0.15, 0.2) is 65.8 Å². The van der Waals surface area contributed by atoms with Gasteiger partial charge in [0.1, 0.15) is 0 Å². The number of anilines is 1. The van der Waals surface area contributed by atoms with Crippen molar-refractivity contribution in [2.45, 2.75) is 11.3 Å². The molecular formula is C24H18ClNO5S. The summed E-state index contributed by atoms with van der Waals surface area (Å²) in [4.78, 5) is 13.4. The highest BCUT2D eigenvalue weighted by molar-refractivity contribution is 7.84. The normalized spacial score (nSPS) is 14.8. The lowest BCUT2D eigenvalue weighted by atomic mass is 9.96. The number of rotatable bonds is 4. The van der Waals surface area contributed by atoms with Crippen molar-refractivity contribution >= 4 is 39.6 Å². The Balaban J connectivity index is 1.40. The Hall–Kier alpha value is -3.29. The van der Waals surface area contributed by atoms with E-state index in [9.17, 15) is 9.00 Å². The molecule has 1 unspecified atom stereocenters. The minimum Gasteiger partial charge on any atom is -0.462 e. The Bertz CT molecular complexity index is 1300. The van der Waals surface area contributed by atoms with Gasteiger partial charge in [-0.1, -0.05) is 29.8 Å². The number of allylic oxidation sites excluding steroid dienone is 1. The predicted molar refractivity (Wildman–Crippen MR) is 123 cm³/mol. The number of benzene rings is 3. The summed E-state index contributed by atoms with van der Waals surface area (Å²) in [5.41, 5.74) is 3.69. The van der Waals surface area contributed by atoms with Gasteiger partial charge in [-0.2, -0.15) is 0 Å². The Morgan fingerprint density at radius 1 is 1.06 bits per heavy atom. The summed E-state index contributed by atoms with van der Waals surface area (Å²) in [6, 6.07) is 16.1. The van der Waals surface area contributed by atoms with E-state index in [2.05, 4.69) is 5.32 Å². The van der Waals surface area contributed by atoms with Crippen molar-refractivity contribution in [1.82, 2.24) is 0 Å². The standard InChI is InChI=1S/C24H18ClNO5S/c1-32(28)17-6-7-19(25)18(11-17)24(27)26-20-4-2-3-15-9-16(12-29-23(15)20)14-5-8-21-22(10-14)31-13-30-21/h2-8,10-12H,9,13H2,1H3,(H,26,27). The van der Waals surface area contributed by atoms with E-state index in [1.807, 2.05) is 30.3 Å². The highest BCUT2D eigenvalue weighted by Gasteiger charge is 2.22. The van der Waals surface area contributed by atoms with Crippen molar-refractivity contribution in [2.75, 3.05) is 18.4 Å². The smallest absolute Gasteiger partial charge is 0.257 e. The van der Waals surface area contributed by atoms with Gasteiger partial charge in [0, 0.05) is 33.9 Å². The maximum atomic E-state index is 12.9. The molecule has 5 rings (SSSR count). The molecule has 1 amide bonds. The van der Waals surface area contributed by atoms with Gasteiger partial charge in [-0.15, -0.1) is 0 Å². The summed E-state index contributed by atoms with van der Waals surface area (Å²) in [5, 5.41) is 3.15. The number of amides is 1. The highest BCUT2D eigenvalue weighted by Crippen LogP contribution is 2.40. The first-order valence-corrected chi connectivity index (χ1v) is 11.7. The first-order chi connectivity index (χ1) is 15.5. The SMILES string of the molecule is CS(=O)c1ccc(Cl)c(C(=O)Nc2cccc3c2OC=C(c2ccc4c(c2)OCO4)C3)c1. The molecule has 2 aliphatic rings. The van der Waals surface area contributed by atoms with Crippen molar-refractivity contribution in [3.63, 3.8) is 0 Å². The van der Waals surface area contributed by atoms with Crippen LogP contribution in [0.2, 0.25) is 5.02 Å². The molecule has 1 atom stereocenters. The summed E-state index contributed by atoms with van der Waals surface area (Å²) >= 11 is 6.21. The van der Waals surface area contributed by atoms with Crippen molar-refractivity contribution < 1.29 is 23.2 Å². The maximum Gasteiger partial charge on any atom is 0.257 e. The van der Waals surface area contributed by atoms with Crippen LogP contribution in [0.25, 0.3) is 5.57 Å². The number of para-hydroxylation sites is 1. The van der Waals surface area contributed by atoms with Crippen LogP contribution in [0.5, 0.6) is 17.2 Å². The van der Waals surface area contributed by atoms with Gasteiger partial charge in [0.25, 0.3) is 5.91 Å². The number of nitrogens with one attached hydrogen (secondary N) is 1. The summed E-state index contributed by atoms with van der Waals surface area (Å²) in [5.74, 6) is 1.62. The van der Waals surface area contributed by atoms with Gasteiger partial charge in [-0.3, -0.25) is 9.00 Å². The zero-order valence-corrected chi connectivity index (χ0v) is 18.6. The zero-order valence-electron chi connectivity index (χ0n) is 17.0. The third-order valence-corrected chi connectivity index (χ3v) is 6.55. The zero-order chi connectivity index (χ0) is 22.2. The van der Waals surface area contributed by atoms with E-state index in [0.29, 0.717) is 28.5 Å². The van der Waals surface area contributed by atoms with Crippen LogP contribution >= 0.6 is 11.6 Å². The number of carbonyl (C=O) groups excluding carboxylic acids is 1. The third-order valence-electron chi connectivity index (χ3n) is 5.30. The summed E-state index contributed by atoms with van der Waals surface area (Å²) < 4.78 is 28.6. The van der Waals surface area contributed by atoms with E-state index in [1.165, 1.54) is 0 Å². The van der Waals surface area contributed by atoms with Crippen LogP contribution in [0.4, 0.5) is 5.69 Å². The van der Waals surface area contributed by atoms with Gasteiger partial charge in [0.15, 0.2) is 17.2 Å². The van der Waals surface area contributed by atoms with Crippen LogP contribution in [0.1, 0.15) is 21.5 Å². The summed E-state index contributed by atoms with van der Waals surface area (Å²) in [6.07, 6.45) is 3.86.